The van der Waals surface area contributed by atoms with Crippen molar-refractivity contribution in [2.24, 2.45) is 5.92 Å². The van der Waals surface area contributed by atoms with Crippen molar-refractivity contribution in [2.75, 3.05) is 14.1 Å². The fourth-order valence-electron chi connectivity index (χ4n) is 0.824. The summed E-state index contributed by atoms with van der Waals surface area (Å²) in [7, 11) is 3.89. The molecule has 0 heterocycles. The minimum atomic E-state index is 0.314. The molecule has 0 saturated carbocycles. The van der Waals surface area contributed by atoms with E-state index in [1.165, 1.54) is 0 Å². The molecule has 0 amide bonds. The minimum absolute atomic E-state index is 0.314. The largest absolute Gasteiger partial charge is 0.302 e. The van der Waals surface area contributed by atoms with Crippen molar-refractivity contribution in [3.05, 3.63) is 12.2 Å². The molecule has 2 nitrogen and oxygen atoms in total. The van der Waals surface area contributed by atoms with E-state index in [2.05, 4.69) is 36.6 Å². The number of nitrogens with one attached hydrogen (secondary N) is 2. The van der Waals surface area contributed by atoms with Crippen LogP contribution in [-0.2, 0) is 0 Å². The van der Waals surface area contributed by atoms with Crippen molar-refractivity contribution in [2.45, 2.75) is 26.4 Å². The summed E-state index contributed by atoms with van der Waals surface area (Å²) in [6, 6.07) is 0. The summed E-state index contributed by atoms with van der Waals surface area (Å²) in [6.45, 7) is 4.44. The Hall–Kier alpha value is -0.340. The number of likely N-dealkylation sites (N-methyl/N-ethyl adjacent to an activating group) is 2. The van der Waals surface area contributed by atoms with Gasteiger partial charge in [-0.05, 0) is 26.4 Å². The lowest BCUT2D eigenvalue weighted by Gasteiger charge is -2.09. The average molecular weight is 156 g/mol. The number of hydrogen-bond donors (Lipinski definition) is 2. The summed E-state index contributed by atoms with van der Waals surface area (Å²) in [5, 5.41) is 6.26. The molecule has 0 unspecified atom stereocenters. The van der Waals surface area contributed by atoms with Gasteiger partial charge in [-0.15, -0.1) is 0 Å². The SMILES string of the molecule is CNC(/C=C/CC(C)C)NC. The van der Waals surface area contributed by atoms with Crippen LogP contribution >= 0.6 is 0 Å². The molecule has 0 fully saturated rings. The van der Waals surface area contributed by atoms with Gasteiger partial charge < -0.3 is 10.6 Å². The van der Waals surface area contributed by atoms with Crippen molar-refractivity contribution in [1.29, 1.82) is 0 Å². The first-order valence-electron chi connectivity index (χ1n) is 4.22. The maximum atomic E-state index is 3.13. The number of hydrogen-bond acceptors (Lipinski definition) is 2. The van der Waals surface area contributed by atoms with Gasteiger partial charge in [-0.25, -0.2) is 0 Å². The monoisotopic (exact) mass is 156 g/mol. The molecular weight excluding hydrogens is 136 g/mol. The fraction of sp³-hybridized carbons (Fsp3) is 0.778. The zero-order chi connectivity index (χ0) is 8.69. The van der Waals surface area contributed by atoms with Crippen LogP contribution in [0.15, 0.2) is 12.2 Å². The molecule has 66 valence electrons. The van der Waals surface area contributed by atoms with Gasteiger partial charge in [-0.1, -0.05) is 26.0 Å². The molecule has 0 rings (SSSR count). The standard InChI is InChI=1S/C9H20N2/c1-8(2)6-5-7-9(10-3)11-4/h5,7-11H,6H2,1-4H3/b7-5+. The quantitative estimate of drug-likeness (QED) is 0.464. The van der Waals surface area contributed by atoms with E-state index in [0.29, 0.717) is 6.17 Å². The molecule has 11 heavy (non-hydrogen) atoms. The van der Waals surface area contributed by atoms with Crippen LogP contribution < -0.4 is 10.6 Å². The lowest BCUT2D eigenvalue weighted by molar-refractivity contribution is 0.581. The fourth-order valence-corrected chi connectivity index (χ4v) is 0.824. The van der Waals surface area contributed by atoms with E-state index >= 15 is 0 Å². The summed E-state index contributed by atoms with van der Waals surface area (Å²) in [5.74, 6) is 0.751. The topological polar surface area (TPSA) is 24.1 Å². The Labute approximate surface area is 70.1 Å². The molecule has 0 atom stereocenters. The molecule has 0 aromatic heterocycles. The van der Waals surface area contributed by atoms with E-state index in [4.69, 9.17) is 0 Å². The van der Waals surface area contributed by atoms with Gasteiger partial charge in [-0.2, -0.15) is 0 Å². The maximum Gasteiger partial charge on any atom is 0.0759 e. The Morgan fingerprint density at radius 3 is 2.09 bits per heavy atom. The lowest BCUT2D eigenvalue weighted by Crippen LogP contribution is -2.35. The molecule has 0 aromatic carbocycles. The molecule has 0 saturated heterocycles. The highest BCUT2D eigenvalue weighted by atomic mass is 15.1. The second kappa shape index (κ2) is 6.38. The molecule has 0 radical (unpaired) electrons. The van der Waals surface area contributed by atoms with E-state index in [0.717, 1.165) is 12.3 Å². The van der Waals surface area contributed by atoms with Crippen LogP contribution in [0.4, 0.5) is 0 Å². The third-order valence-electron chi connectivity index (χ3n) is 1.56. The summed E-state index contributed by atoms with van der Waals surface area (Å²) in [6.07, 6.45) is 5.83. The van der Waals surface area contributed by atoms with Crippen molar-refractivity contribution in [3.63, 3.8) is 0 Å². The Balaban J connectivity index is 3.53. The van der Waals surface area contributed by atoms with Gasteiger partial charge in [0.15, 0.2) is 0 Å². The van der Waals surface area contributed by atoms with Gasteiger partial charge in [0.25, 0.3) is 0 Å². The van der Waals surface area contributed by atoms with Gasteiger partial charge >= 0.3 is 0 Å². The highest BCUT2D eigenvalue weighted by Crippen LogP contribution is 1.99. The average Bonchev–Trinajstić information content (AvgIpc) is 1.98. The predicted molar refractivity (Wildman–Crippen MR) is 50.5 cm³/mol. The minimum Gasteiger partial charge on any atom is -0.302 e. The van der Waals surface area contributed by atoms with Crippen LogP contribution in [0.5, 0.6) is 0 Å². The van der Waals surface area contributed by atoms with Crippen LogP contribution in [0.2, 0.25) is 0 Å². The van der Waals surface area contributed by atoms with Crippen LogP contribution in [-0.4, -0.2) is 20.3 Å². The van der Waals surface area contributed by atoms with Gasteiger partial charge in [0.1, 0.15) is 0 Å². The molecule has 0 aliphatic rings. The molecule has 0 spiro atoms. The number of allylic oxidation sites excluding steroid dienone is 1. The first-order chi connectivity index (χ1) is 5.20. The first-order valence-corrected chi connectivity index (χ1v) is 4.22. The molecule has 0 aliphatic heterocycles. The summed E-state index contributed by atoms with van der Waals surface area (Å²) in [5.41, 5.74) is 0. The van der Waals surface area contributed by atoms with E-state index in [1.54, 1.807) is 0 Å². The molecule has 0 bridgehead atoms. The van der Waals surface area contributed by atoms with Crippen molar-refractivity contribution < 1.29 is 0 Å². The van der Waals surface area contributed by atoms with Crippen molar-refractivity contribution in [1.82, 2.24) is 10.6 Å². The molecule has 0 aromatic rings. The smallest absolute Gasteiger partial charge is 0.0759 e. The summed E-state index contributed by atoms with van der Waals surface area (Å²) in [4.78, 5) is 0. The van der Waals surface area contributed by atoms with Crippen LogP contribution in [0.25, 0.3) is 0 Å². The lowest BCUT2D eigenvalue weighted by atomic mass is 10.1. The van der Waals surface area contributed by atoms with Crippen LogP contribution in [0.1, 0.15) is 20.3 Å². The highest BCUT2D eigenvalue weighted by molar-refractivity contribution is 4.90. The molecule has 2 heteroatoms. The second-order valence-electron chi connectivity index (χ2n) is 3.11. The Bertz CT molecular complexity index is 104. The van der Waals surface area contributed by atoms with Crippen LogP contribution in [0.3, 0.4) is 0 Å². The van der Waals surface area contributed by atoms with E-state index in [-0.39, 0.29) is 0 Å². The van der Waals surface area contributed by atoms with E-state index in [9.17, 15) is 0 Å². The molecule has 2 N–H and O–H groups in total. The van der Waals surface area contributed by atoms with Gasteiger partial charge in [-0.3, -0.25) is 0 Å². The zero-order valence-corrected chi connectivity index (χ0v) is 8.02. The van der Waals surface area contributed by atoms with Gasteiger partial charge in [0.2, 0.25) is 0 Å². The van der Waals surface area contributed by atoms with Gasteiger partial charge in [0.05, 0.1) is 6.17 Å². The maximum absolute atomic E-state index is 3.13. The molecule has 0 aliphatic carbocycles. The predicted octanol–water partition coefficient (Wildman–Crippen LogP) is 1.35. The first kappa shape index (κ1) is 10.7. The highest BCUT2D eigenvalue weighted by Gasteiger charge is 1.94. The summed E-state index contributed by atoms with van der Waals surface area (Å²) >= 11 is 0. The van der Waals surface area contributed by atoms with E-state index in [1.807, 2.05) is 14.1 Å². The van der Waals surface area contributed by atoms with E-state index < -0.39 is 0 Å². The van der Waals surface area contributed by atoms with Crippen molar-refractivity contribution >= 4 is 0 Å². The zero-order valence-electron chi connectivity index (χ0n) is 8.02. The Morgan fingerprint density at radius 1 is 1.18 bits per heavy atom. The second-order valence-corrected chi connectivity index (χ2v) is 3.11. The van der Waals surface area contributed by atoms with Crippen molar-refractivity contribution in [3.8, 4) is 0 Å². The normalized spacial score (nSPS) is 12.2. The Kier molecular flexibility index (Phi) is 6.18. The third-order valence-corrected chi connectivity index (χ3v) is 1.56. The summed E-state index contributed by atoms with van der Waals surface area (Å²) < 4.78 is 0. The van der Waals surface area contributed by atoms with Gasteiger partial charge in [0, 0.05) is 0 Å². The molecular formula is C9H20N2. The third kappa shape index (κ3) is 6.07. The van der Waals surface area contributed by atoms with Crippen LogP contribution in [0, 0.1) is 5.92 Å². The Morgan fingerprint density at radius 2 is 1.73 bits per heavy atom. The number of rotatable bonds is 5.